The van der Waals surface area contributed by atoms with Crippen molar-refractivity contribution < 1.29 is 4.92 Å². The molecule has 1 aromatic carbocycles. The first kappa shape index (κ1) is 13.4. The molecule has 1 aromatic rings. The van der Waals surface area contributed by atoms with Crippen LogP contribution in [-0.4, -0.2) is 22.9 Å². The van der Waals surface area contributed by atoms with E-state index in [-0.39, 0.29) is 12.2 Å². The van der Waals surface area contributed by atoms with Gasteiger partial charge in [0.25, 0.3) is 5.69 Å². The Morgan fingerprint density at radius 2 is 2.29 bits per heavy atom. The van der Waals surface area contributed by atoms with Crippen LogP contribution in [0.4, 0.5) is 5.69 Å². The predicted octanol–water partition coefficient (Wildman–Crippen LogP) is 2.59. The van der Waals surface area contributed by atoms with Crippen molar-refractivity contribution >= 4 is 17.3 Å². The number of nitro benzene ring substituents is 1. The molecule has 1 rings (SSSR count). The van der Waals surface area contributed by atoms with Crippen LogP contribution in [0.15, 0.2) is 18.2 Å². The van der Waals surface area contributed by atoms with Crippen molar-refractivity contribution in [3.05, 3.63) is 38.9 Å². The number of rotatable bonds is 5. The van der Waals surface area contributed by atoms with E-state index in [4.69, 9.17) is 16.9 Å². The number of hydrogen-bond acceptors (Lipinski definition) is 4. The molecule has 0 saturated carbocycles. The van der Waals surface area contributed by atoms with Crippen LogP contribution in [0.25, 0.3) is 0 Å². The molecule has 6 heteroatoms. The van der Waals surface area contributed by atoms with Crippen LogP contribution in [-0.2, 0) is 6.54 Å². The molecule has 0 saturated heterocycles. The Morgan fingerprint density at radius 1 is 1.59 bits per heavy atom. The first-order chi connectivity index (χ1) is 8.08. The molecule has 0 bridgehead atoms. The summed E-state index contributed by atoms with van der Waals surface area (Å²) in [6.45, 7) is 3.18. The molecule has 0 fully saturated rings. The lowest BCUT2D eigenvalue weighted by atomic mass is 10.1. The third-order valence-electron chi connectivity index (χ3n) is 2.38. The fourth-order valence-electron chi connectivity index (χ4n) is 1.46. The minimum absolute atomic E-state index is 0.00566. The van der Waals surface area contributed by atoms with E-state index in [2.05, 4.69) is 0 Å². The van der Waals surface area contributed by atoms with Crippen LogP contribution in [0.3, 0.4) is 0 Å². The van der Waals surface area contributed by atoms with Crippen molar-refractivity contribution in [2.24, 2.45) is 0 Å². The van der Waals surface area contributed by atoms with Gasteiger partial charge in [0, 0.05) is 23.2 Å². The average molecular weight is 254 g/mol. The van der Waals surface area contributed by atoms with Gasteiger partial charge in [-0.2, -0.15) is 5.26 Å². The summed E-state index contributed by atoms with van der Waals surface area (Å²) in [4.78, 5) is 12.2. The minimum atomic E-state index is -0.457. The summed E-state index contributed by atoms with van der Waals surface area (Å²) in [5, 5.41) is 19.8. The van der Waals surface area contributed by atoms with Gasteiger partial charge in [-0.15, -0.1) is 0 Å². The number of nitrogens with zero attached hydrogens (tertiary/aromatic N) is 3. The zero-order valence-corrected chi connectivity index (χ0v) is 10.1. The molecule has 0 unspecified atom stereocenters. The van der Waals surface area contributed by atoms with Gasteiger partial charge in [0.2, 0.25) is 0 Å². The van der Waals surface area contributed by atoms with Crippen LogP contribution < -0.4 is 0 Å². The Kier molecular flexibility index (Phi) is 4.88. The van der Waals surface area contributed by atoms with Crippen molar-refractivity contribution in [3.63, 3.8) is 0 Å². The molecule has 0 aliphatic heterocycles. The fourth-order valence-corrected chi connectivity index (χ4v) is 1.63. The van der Waals surface area contributed by atoms with Gasteiger partial charge in [0.1, 0.15) is 0 Å². The molecule has 17 heavy (non-hydrogen) atoms. The Labute approximate surface area is 104 Å². The number of hydrogen-bond donors (Lipinski definition) is 0. The molecule has 0 amide bonds. The van der Waals surface area contributed by atoms with Crippen molar-refractivity contribution in [1.82, 2.24) is 4.90 Å². The SMILES string of the molecule is CCN(CC#N)Cc1ccc(Cl)cc1[N+](=O)[O-]. The smallest absolute Gasteiger partial charge is 0.275 e. The molecule has 0 heterocycles. The zero-order valence-electron chi connectivity index (χ0n) is 9.39. The summed E-state index contributed by atoms with van der Waals surface area (Å²) >= 11 is 5.72. The van der Waals surface area contributed by atoms with Gasteiger partial charge in [-0.05, 0) is 18.7 Å². The van der Waals surface area contributed by atoms with Crippen LogP contribution in [0.2, 0.25) is 5.02 Å². The molecular formula is C11H12ClN3O2. The van der Waals surface area contributed by atoms with Gasteiger partial charge >= 0.3 is 0 Å². The Bertz CT molecular complexity index is 457. The van der Waals surface area contributed by atoms with Gasteiger partial charge in [-0.3, -0.25) is 15.0 Å². The van der Waals surface area contributed by atoms with Crippen molar-refractivity contribution in [2.45, 2.75) is 13.5 Å². The number of nitro groups is 1. The van der Waals surface area contributed by atoms with Gasteiger partial charge in [-0.25, -0.2) is 0 Å². The quantitative estimate of drug-likeness (QED) is 0.459. The van der Waals surface area contributed by atoms with E-state index in [9.17, 15) is 10.1 Å². The fraction of sp³-hybridized carbons (Fsp3) is 0.364. The van der Waals surface area contributed by atoms with Crippen molar-refractivity contribution in [1.29, 1.82) is 5.26 Å². The summed E-state index contributed by atoms with van der Waals surface area (Å²) in [5.41, 5.74) is 0.561. The monoisotopic (exact) mass is 253 g/mol. The van der Waals surface area contributed by atoms with Crippen molar-refractivity contribution in [3.8, 4) is 6.07 Å². The van der Waals surface area contributed by atoms with E-state index >= 15 is 0 Å². The summed E-state index contributed by atoms with van der Waals surface area (Å²) in [5.74, 6) is 0. The number of halogens is 1. The molecular weight excluding hydrogens is 242 g/mol. The maximum Gasteiger partial charge on any atom is 0.275 e. The molecule has 5 nitrogen and oxygen atoms in total. The zero-order chi connectivity index (χ0) is 12.8. The summed E-state index contributed by atoms with van der Waals surface area (Å²) < 4.78 is 0. The van der Waals surface area contributed by atoms with Gasteiger partial charge in [-0.1, -0.05) is 18.5 Å². The van der Waals surface area contributed by atoms with Gasteiger partial charge < -0.3 is 0 Å². The van der Waals surface area contributed by atoms with E-state index in [1.165, 1.54) is 6.07 Å². The molecule has 0 N–H and O–H groups in total. The average Bonchev–Trinajstić information content (AvgIpc) is 2.30. The first-order valence-electron chi connectivity index (χ1n) is 5.10. The topological polar surface area (TPSA) is 70.2 Å². The second kappa shape index (κ2) is 6.18. The second-order valence-corrected chi connectivity index (χ2v) is 3.93. The van der Waals surface area contributed by atoms with E-state index in [0.717, 1.165) is 0 Å². The first-order valence-corrected chi connectivity index (χ1v) is 5.48. The molecule has 0 radical (unpaired) electrons. The lowest BCUT2D eigenvalue weighted by Crippen LogP contribution is -2.23. The molecule has 0 atom stereocenters. The molecule has 0 aliphatic rings. The van der Waals surface area contributed by atoms with E-state index < -0.39 is 4.92 Å². The van der Waals surface area contributed by atoms with Gasteiger partial charge in [0.05, 0.1) is 17.5 Å². The highest BCUT2D eigenvalue weighted by molar-refractivity contribution is 6.30. The Balaban J connectivity index is 2.97. The lowest BCUT2D eigenvalue weighted by molar-refractivity contribution is -0.385. The van der Waals surface area contributed by atoms with Crippen LogP contribution in [0.1, 0.15) is 12.5 Å². The Hall–Kier alpha value is -1.64. The maximum atomic E-state index is 10.9. The number of nitriles is 1. The summed E-state index contributed by atoms with van der Waals surface area (Å²) in [6, 6.07) is 6.60. The molecule has 0 spiro atoms. The highest BCUT2D eigenvalue weighted by atomic mass is 35.5. The second-order valence-electron chi connectivity index (χ2n) is 3.49. The highest BCUT2D eigenvalue weighted by Gasteiger charge is 2.16. The third-order valence-corrected chi connectivity index (χ3v) is 2.61. The van der Waals surface area contributed by atoms with Crippen LogP contribution in [0, 0.1) is 21.4 Å². The largest absolute Gasteiger partial charge is 0.286 e. The maximum absolute atomic E-state index is 10.9. The van der Waals surface area contributed by atoms with E-state index in [1.54, 1.807) is 12.1 Å². The summed E-state index contributed by atoms with van der Waals surface area (Å²) in [7, 11) is 0. The third kappa shape index (κ3) is 3.70. The molecule has 90 valence electrons. The van der Waals surface area contributed by atoms with Crippen LogP contribution >= 0.6 is 11.6 Å². The Morgan fingerprint density at radius 3 is 2.82 bits per heavy atom. The minimum Gasteiger partial charge on any atom is -0.286 e. The highest BCUT2D eigenvalue weighted by Crippen LogP contribution is 2.24. The standard InChI is InChI=1S/C11H12ClN3O2/c1-2-14(6-5-13)8-9-3-4-10(12)7-11(9)15(16)17/h3-4,7H,2,6,8H2,1H3. The lowest BCUT2D eigenvalue weighted by Gasteiger charge is -2.16. The van der Waals surface area contributed by atoms with Crippen LogP contribution in [0.5, 0.6) is 0 Å². The van der Waals surface area contributed by atoms with Gasteiger partial charge in [0.15, 0.2) is 0 Å². The van der Waals surface area contributed by atoms with Crippen molar-refractivity contribution in [2.75, 3.05) is 13.1 Å². The number of benzene rings is 1. The van der Waals surface area contributed by atoms with E-state index in [1.807, 2.05) is 17.9 Å². The predicted molar refractivity (Wildman–Crippen MR) is 64.7 cm³/mol. The molecule has 0 aromatic heterocycles. The molecule has 0 aliphatic carbocycles. The summed E-state index contributed by atoms with van der Waals surface area (Å²) in [6.07, 6.45) is 0. The van der Waals surface area contributed by atoms with E-state index in [0.29, 0.717) is 23.7 Å². The normalized spacial score (nSPS) is 10.2.